The maximum atomic E-state index is 13.4. The summed E-state index contributed by atoms with van der Waals surface area (Å²) in [4.78, 5) is 12.8. The average molecular weight is 572 g/mol. The minimum atomic E-state index is -3.99. The van der Waals surface area contributed by atoms with Crippen LogP contribution in [0.1, 0.15) is 11.1 Å². The Bertz CT molecular complexity index is 1220. The van der Waals surface area contributed by atoms with Crippen LogP contribution in [0, 0.1) is 0 Å². The van der Waals surface area contributed by atoms with Crippen LogP contribution in [0.15, 0.2) is 76.1 Å². The van der Waals surface area contributed by atoms with E-state index in [0.29, 0.717) is 21.4 Å². The topological polar surface area (TPSA) is 75.7 Å². The van der Waals surface area contributed by atoms with Crippen molar-refractivity contribution in [3.8, 4) is 5.75 Å². The van der Waals surface area contributed by atoms with Gasteiger partial charge in [-0.3, -0.25) is 4.79 Å². The van der Waals surface area contributed by atoms with Crippen molar-refractivity contribution in [2.24, 2.45) is 0 Å². The van der Waals surface area contributed by atoms with Crippen LogP contribution in [-0.4, -0.2) is 32.3 Å². The van der Waals surface area contributed by atoms with Crippen molar-refractivity contribution in [3.63, 3.8) is 0 Å². The Morgan fingerprint density at radius 1 is 1.03 bits per heavy atom. The van der Waals surface area contributed by atoms with E-state index in [2.05, 4.69) is 21.2 Å². The van der Waals surface area contributed by atoms with Crippen LogP contribution in [0.4, 0.5) is 0 Å². The first-order valence-electron chi connectivity index (χ1n) is 9.78. The number of carbonyl (C=O) groups excluding carboxylic acids is 1. The molecule has 0 atom stereocenters. The van der Waals surface area contributed by atoms with E-state index in [1.54, 1.807) is 43.5 Å². The molecule has 0 unspecified atom stereocenters. The van der Waals surface area contributed by atoms with E-state index < -0.39 is 15.9 Å². The maximum Gasteiger partial charge on any atom is 0.243 e. The summed E-state index contributed by atoms with van der Waals surface area (Å²) in [6.07, 6.45) is 0. The highest BCUT2D eigenvalue weighted by Crippen LogP contribution is 2.26. The number of halogens is 3. The first-order valence-corrected chi connectivity index (χ1v) is 12.8. The van der Waals surface area contributed by atoms with Crippen LogP contribution >= 0.6 is 39.1 Å². The number of rotatable bonds is 9. The molecule has 1 N–H and O–H groups in total. The molecule has 3 aromatic rings. The lowest BCUT2D eigenvalue weighted by atomic mass is 10.2. The van der Waals surface area contributed by atoms with Crippen molar-refractivity contribution in [1.29, 1.82) is 0 Å². The molecule has 0 fully saturated rings. The van der Waals surface area contributed by atoms with Gasteiger partial charge in [0.2, 0.25) is 15.9 Å². The van der Waals surface area contributed by atoms with Gasteiger partial charge in [-0.2, -0.15) is 4.31 Å². The fraction of sp³-hybridized carbons (Fsp3) is 0.174. The maximum absolute atomic E-state index is 13.4. The zero-order chi connectivity index (χ0) is 24.0. The van der Waals surface area contributed by atoms with E-state index in [-0.39, 0.29) is 24.5 Å². The van der Waals surface area contributed by atoms with Crippen molar-refractivity contribution in [1.82, 2.24) is 9.62 Å². The summed E-state index contributed by atoms with van der Waals surface area (Å²) in [5, 5.41) is 3.51. The van der Waals surface area contributed by atoms with Gasteiger partial charge in [-0.15, -0.1) is 0 Å². The molecular formula is C23H21BrCl2N2O4S. The van der Waals surface area contributed by atoms with Gasteiger partial charge < -0.3 is 10.1 Å². The Morgan fingerprint density at radius 3 is 2.30 bits per heavy atom. The predicted octanol–water partition coefficient (Wildman–Crippen LogP) is 5.27. The second-order valence-corrected chi connectivity index (χ2v) is 10.8. The predicted molar refractivity (Wildman–Crippen MR) is 133 cm³/mol. The van der Waals surface area contributed by atoms with Crippen molar-refractivity contribution < 1.29 is 17.9 Å². The third-order valence-electron chi connectivity index (χ3n) is 4.78. The summed E-state index contributed by atoms with van der Waals surface area (Å²) in [5.41, 5.74) is 1.39. The van der Waals surface area contributed by atoms with E-state index in [0.717, 1.165) is 14.3 Å². The molecule has 6 nitrogen and oxygen atoms in total. The van der Waals surface area contributed by atoms with E-state index in [1.807, 2.05) is 12.1 Å². The van der Waals surface area contributed by atoms with Gasteiger partial charge in [-0.1, -0.05) is 57.3 Å². The number of amides is 1. The number of sulfonamides is 1. The number of hydrogen-bond acceptors (Lipinski definition) is 4. The van der Waals surface area contributed by atoms with Gasteiger partial charge in [0.15, 0.2) is 0 Å². The van der Waals surface area contributed by atoms with Gasteiger partial charge in [0.1, 0.15) is 5.75 Å². The molecular weight excluding hydrogens is 551 g/mol. The van der Waals surface area contributed by atoms with Crippen LogP contribution in [0.2, 0.25) is 10.0 Å². The third-order valence-corrected chi connectivity index (χ3v) is 7.70. The number of carbonyl (C=O) groups is 1. The Morgan fingerprint density at radius 2 is 1.70 bits per heavy atom. The largest absolute Gasteiger partial charge is 0.497 e. The second kappa shape index (κ2) is 11.4. The molecule has 1 amide bonds. The molecule has 3 aromatic carbocycles. The normalized spacial score (nSPS) is 11.4. The number of nitrogens with zero attached hydrogens (tertiary/aromatic N) is 1. The molecule has 33 heavy (non-hydrogen) atoms. The summed E-state index contributed by atoms with van der Waals surface area (Å²) >= 11 is 15.5. The fourth-order valence-electron chi connectivity index (χ4n) is 2.98. The molecule has 10 heteroatoms. The molecule has 0 bridgehead atoms. The third kappa shape index (κ3) is 6.94. The number of methoxy groups -OCH3 is 1. The summed E-state index contributed by atoms with van der Waals surface area (Å²) in [6.45, 7) is -0.228. The molecule has 174 valence electrons. The second-order valence-electron chi connectivity index (χ2n) is 7.09. The lowest BCUT2D eigenvalue weighted by Gasteiger charge is -2.22. The Labute approximate surface area is 211 Å². The fourth-order valence-corrected chi connectivity index (χ4v) is 5.09. The number of hydrogen-bond donors (Lipinski definition) is 1. The van der Waals surface area contributed by atoms with Gasteiger partial charge in [0.05, 0.1) is 18.6 Å². The quantitative estimate of drug-likeness (QED) is 0.379. The first kappa shape index (κ1) is 25.5. The van der Waals surface area contributed by atoms with Gasteiger partial charge in [0, 0.05) is 27.6 Å². The van der Waals surface area contributed by atoms with Crippen LogP contribution in [0.3, 0.4) is 0 Å². The van der Waals surface area contributed by atoms with Crippen LogP contribution in [0.25, 0.3) is 0 Å². The van der Waals surface area contributed by atoms with Crippen molar-refractivity contribution >= 4 is 55.1 Å². The van der Waals surface area contributed by atoms with E-state index in [4.69, 9.17) is 27.9 Å². The molecule has 0 aliphatic carbocycles. The highest BCUT2D eigenvalue weighted by atomic mass is 79.9. The van der Waals surface area contributed by atoms with Gasteiger partial charge >= 0.3 is 0 Å². The number of nitrogens with one attached hydrogen (secondary N) is 1. The summed E-state index contributed by atoms with van der Waals surface area (Å²) in [6, 6.07) is 18.2. The summed E-state index contributed by atoms with van der Waals surface area (Å²) in [5.74, 6) is 0.258. The number of ether oxygens (including phenoxy) is 1. The van der Waals surface area contributed by atoms with Gasteiger partial charge in [0.25, 0.3) is 0 Å². The van der Waals surface area contributed by atoms with Crippen molar-refractivity contribution in [2.45, 2.75) is 18.0 Å². The minimum Gasteiger partial charge on any atom is -0.497 e. The SMILES string of the molecule is COc1ccc(CNC(=O)CN(Cc2ccc(Cl)cc2Cl)S(=O)(=O)c2ccc(Br)cc2)cc1. The molecule has 0 saturated heterocycles. The highest BCUT2D eigenvalue weighted by Gasteiger charge is 2.27. The summed E-state index contributed by atoms with van der Waals surface area (Å²) in [7, 11) is -2.41. The van der Waals surface area contributed by atoms with Gasteiger partial charge in [-0.25, -0.2) is 8.42 Å². The lowest BCUT2D eigenvalue weighted by Crippen LogP contribution is -2.40. The monoisotopic (exact) mass is 570 g/mol. The van der Waals surface area contributed by atoms with Crippen molar-refractivity contribution in [2.75, 3.05) is 13.7 Å². The summed E-state index contributed by atoms with van der Waals surface area (Å²) < 4.78 is 33.7. The Kier molecular flexibility index (Phi) is 8.78. The van der Waals surface area contributed by atoms with Crippen LogP contribution < -0.4 is 10.1 Å². The lowest BCUT2D eigenvalue weighted by molar-refractivity contribution is -0.121. The standard InChI is InChI=1S/C23H21BrCl2N2O4S/c1-32-20-8-2-16(3-9-20)13-27-23(29)15-28(14-17-4-7-19(25)12-22(17)26)33(30,31)21-10-5-18(24)6-11-21/h2-12H,13-15H2,1H3,(H,27,29). The molecule has 3 rings (SSSR count). The Hall–Kier alpha value is -2.10. The average Bonchev–Trinajstić information content (AvgIpc) is 2.79. The minimum absolute atomic E-state index is 0.0683. The first-order chi connectivity index (χ1) is 15.7. The van der Waals surface area contributed by atoms with E-state index in [1.165, 1.54) is 18.2 Å². The van der Waals surface area contributed by atoms with E-state index >= 15 is 0 Å². The molecule has 0 radical (unpaired) electrons. The van der Waals surface area contributed by atoms with Crippen molar-refractivity contribution in [3.05, 3.63) is 92.4 Å². The van der Waals surface area contributed by atoms with Crippen LogP contribution in [0.5, 0.6) is 5.75 Å². The molecule has 0 aromatic heterocycles. The molecule has 0 saturated carbocycles. The van der Waals surface area contributed by atoms with Crippen LogP contribution in [-0.2, 0) is 27.9 Å². The molecule has 0 heterocycles. The Balaban J connectivity index is 1.80. The smallest absolute Gasteiger partial charge is 0.243 e. The molecule has 0 aliphatic rings. The van der Waals surface area contributed by atoms with E-state index in [9.17, 15) is 13.2 Å². The zero-order valence-electron chi connectivity index (χ0n) is 17.6. The highest BCUT2D eigenvalue weighted by molar-refractivity contribution is 9.10. The molecule has 0 aliphatic heterocycles. The van der Waals surface area contributed by atoms with Gasteiger partial charge in [-0.05, 0) is 59.7 Å². The molecule has 0 spiro atoms. The zero-order valence-corrected chi connectivity index (χ0v) is 21.5. The number of benzene rings is 3.